The molecule has 0 saturated carbocycles. The number of pyridine rings is 1. The second-order valence-electron chi connectivity index (χ2n) is 2.59. The van der Waals surface area contributed by atoms with E-state index in [0.29, 0.717) is 15.9 Å². The van der Waals surface area contributed by atoms with Crippen LogP contribution >= 0.6 is 23.2 Å². The number of rotatable bonds is 0. The summed E-state index contributed by atoms with van der Waals surface area (Å²) in [5.74, 6) is -0.0262. The monoisotopic (exact) mass is 303 g/mol. The van der Waals surface area contributed by atoms with Crippen molar-refractivity contribution in [3.8, 4) is 5.75 Å². The van der Waals surface area contributed by atoms with Gasteiger partial charge in [-0.25, -0.2) is 0 Å². The van der Waals surface area contributed by atoms with E-state index in [-0.39, 0.29) is 37.0 Å². The summed E-state index contributed by atoms with van der Waals surface area (Å²) in [5.41, 5.74) is 0.431. The van der Waals surface area contributed by atoms with Crippen LogP contribution in [0.15, 0.2) is 24.4 Å². The van der Waals surface area contributed by atoms with Gasteiger partial charge in [0.05, 0.1) is 10.0 Å². The summed E-state index contributed by atoms with van der Waals surface area (Å²) in [6, 6.07) is 5.03. The van der Waals surface area contributed by atoms with Crippen molar-refractivity contribution in [2.75, 3.05) is 0 Å². The summed E-state index contributed by atoms with van der Waals surface area (Å²) in [4.78, 5) is 3.98. The molecule has 0 saturated heterocycles. The Morgan fingerprint density at radius 1 is 1.21 bits per heavy atom. The largest absolute Gasteiger partial charge is 0.504 e. The van der Waals surface area contributed by atoms with Gasteiger partial charge in [0.15, 0.2) is 5.75 Å². The molecule has 70 valence electrons. The fraction of sp³-hybridized carbons (Fsp3) is 0. The predicted molar refractivity (Wildman–Crippen MR) is 53.4 cm³/mol. The number of halogens is 2. The number of phenols is 1. The number of hydrogen-bond acceptors (Lipinski definition) is 2. The molecule has 0 bridgehead atoms. The fourth-order valence-electron chi connectivity index (χ4n) is 1.16. The number of aromatic nitrogens is 1. The number of nitrogens with zero attached hydrogens (tertiary/aromatic N) is 1. The Labute approximate surface area is 110 Å². The molecule has 1 heterocycles. The Hall–Kier alpha value is -0.107. The van der Waals surface area contributed by atoms with Crippen molar-refractivity contribution in [3.63, 3.8) is 0 Å². The van der Waals surface area contributed by atoms with Crippen LogP contribution in [0, 0.1) is 0 Å². The van der Waals surface area contributed by atoms with Crippen LogP contribution in [-0.2, 0) is 26.2 Å². The Kier molecular flexibility index (Phi) is 3.94. The number of hydrogen-bond donors (Lipinski definition) is 1. The van der Waals surface area contributed by atoms with Crippen molar-refractivity contribution < 1.29 is 31.3 Å². The average Bonchev–Trinajstić information content (AvgIpc) is 2.15. The van der Waals surface area contributed by atoms with Crippen molar-refractivity contribution >= 4 is 34.1 Å². The molecule has 5 heteroatoms. The van der Waals surface area contributed by atoms with Crippen LogP contribution in [0.25, 0.3) is 10.9 Å². The Morgan fingerprint density at radius 3 is 2.64 bits per heavy atom. The zero-order valence-electron chi connectivity index (χ0n) is 6.96. The van der Waals surface area contributed by atoms with Crippen LogP contribution in [0.3, 0.4) is 0 Å². The predicted octanol–water partition coefficient (Wildman–Crippen LogP) is 3.24. The van der Waals surface area contributed by atoms with Gasteiger partial charge in [-0.1, -0.05) is 23.2 Å². The summed E-state index contributed by atoms with van der Waals surface area (Å²) in [7, 11) is 0. The van der Waals surface area contributed by atoms with Gasteiger partial charge in [0.25, 0.3) is 0 Å². The van der Waals surface area contributed by atoms with Gasteiger partial charge >= 0.3 is 0 Å². The van der Waals surface area contributed by atoms with Gasteiger partial charge in [0.1, 0.15) is 5.52 Å². The molecule has 1 N–H and O–H groups in total. The minimum absolute atomic E-state index is 0. The van der Waals surface area contributed by atoms with Gasteiger partial charge in [-0.2, -0.15) is 0 Å². The summed E-state index contributed by atoms with van der Waals surface area (Å²) in [6.07, 6.45) is 1.58. The Morgan fingerprint density at radius 2 is 1.93 bits per heavy atom. The SMILES string of the molecule is Oc1c(Cl)cc(Cl)c2cccnc12.[Zr]. The van der Waals surface area contributed by atoms with Crippen LogP contribution in [0.1, 0.15) is 0 Å². The minimum atomic E-state index is -0.0262. The maximum Gasteiger partial charge on any atom is 0.160 e. The summed E-state index contributed by atoms with van der Waals surface area (Å²) < 4.78 is 0. The van der Waals surface area contributed by atoms with E-state index in [1.807, 2.05) is 0 Å². The third kappa shape index (κ3) is 1.95. The molecule has 0 unspecified atom stereocenters. The van der Waals surface area contributed by atoms with E-state index in [9.17, 15) is 5.11 Å². The number of aromatic hydroxyl groups is 1. The van der Waals surface area contributed by atoms with Gasteiger partial charge in [-0.05, 0) is 18.2 Å². The molecule has 0 aliphatic rings. The molecule has 2 rings (SSSR count). The van der Waals surface area contributed by atoms with Crippen molar-refractivity contribution in [1.29, 1.82) is 0 Å². The first-order valence-electron chi connectivity index (χ1n) is 3.62. The van der Waals surface area contributed by atoms with E-state index >= 15 is 0 Å². The molecule has 14 heavy (non-hydrogen) atoms. The number of fused-ring (bicyclic) bond motifs is 1. The van der Waals surface area contributed by atoms with Crippen LogP contribution in [0.5, 0.6) is 5.75 Å². The van der Waals surface area contributed by atoms with E-state index in [2.05, 4.69) is 4.98 Å². The van der Waals surface area contributed by atoms with Crippen molar-refractivity contribution in [2.45, 2.75) is 0 Å². The van der Waals surface area contributed by atoms with Crippen molar-refractivity contribution in [1.82, 2.24) is 4.98 Å². The summed E-state index contributed by atoms with van der Waals surface area (Å²) >= 11 is 11.6. The zero-order chi connectivity index (χ0) is 9.42. The summed E-state index contributed by atoms with van der Waals surface area (Å²) in [5, 5.41) is 10.9. The van der Waals surface area contributed by atoms with E-state index in [1.54, 1.807) is 18.3 Å². The van der Waals surface area contributed by atoms with Gasteiger partial charge in [-0.15, -0.1) is 0 Å². The third-order valence-electron chi connectivity index (χ3n) is 1.77. The summed E-state index contributed by atoms with van der Waals surface area (Å²) in [6.45, 7) is 0. The molecule has 0 spiro atoms. The first kappa shape index (κ1) is 12.0. The normalized spacial score (nSPS) is 9.86. The molecular weight excluding hydrogens is 300 g/mol. The average molecular weight is 305 g/mol. The second kappa shape index (κ2) is 4.61. The molecule has 0 aliphatic heterocycles. The van der Waals surface area contributed by atoms with Gasteiger partial charge in [-0.3, -0.25) is 4.98 Å². The Bertz CT molecular complexity index is 476. The van der Waals surface area contributed by atoms with Gasteiger partial charge in [0.2, 0.25) is 0 Å². The van der Waals surface area contributed by atoms with E-state index in [1.165, 1.54) is 6.07 Å². The van der Waals surface area contributed by atoms with Crippen molar-refractivity contribution in [3.05, 3.63) is 34.4 Å². The van der Waals surface area contributed by atoms with Gasteiger partial charge in [0, 0.05) is 37.8 Å². The molecular formula is C9H5Cl2NOZr. The maximum absolute atomic E-state index is 9.53. The van der Waals surface area contributed by atoms with Crippen molar-refractivity contribution in [2.24, 2.45) is 0 Å². The van der Waals surface area contributed by atoms with Gasteiger partial charge < -0.3 is 5.11 Å². The molecule has 2 aromatic rings. The quantitative estimate of drug-likeness (QED) is 0.810. The first-order valence-corrected chi connectivity index (χ1v) is 4.37. The second-order valence-corrected chi connectivity index (χ2v) is 3.40. The standard InChI is InChI=1S/C9H5Cl2NO.Zr/c10-6-4-7(11)9(13)8-5(6)2-1-3-12-8;/h1-4,13H;. The van der Waals surface area contributed by atoms with Crippen LogP contribution in [-0.4, -0.2) is 10.1 Å². The molecule has 0 aliphatic carbocycles. The smallest absolute Gasteiger partial charge is 0.160 e. The maximum atomic E-state index is 9.53. The molecule has 2 nitrogen and oxygen atoms in total. The topological polar surface area (TPSA) is 33.1 Å². The molecule has 1 aromatic carbocycles. The molecule has 0 atom stereocenters. The molecule has 0 fully saturated rings. The molecule has 1 aromatic heterocycles. The molecule has 0 radical (unpaired) electrons. The van der Waals surface area contributed by atoms with Crippen LogP contribution in [0.4, 0.5) is 0 Å². The van der Waals surface area contributed by atoms with E-state index < -0.39 is 0 Å². The van der Waals surface area contributed by atoms with E-state index in [0.717, 1.165) is 0 Å². The van der Waals surface area contributed by atoms with Crippen LogP contribution in [0.2, 0.25) is 10.0 Å². The fourth-order valence-corrected chi connectivity index (χ4v) is 1.67. The van der Waals surface area contributed by atoms with E-state index in [4.69, 9.17) is 23.2 Å². The third-order valence-corrected chi connectivity index (χ3v) is 2.37. The molecule has 0 amide bonds. The van der Waals surface area contributed by atoms with Crippen LogP contribution < -0.4 is 0 Å². The Balaban J connectivity index is 0.000000980. The minimum Gasteiger partial charge on any atom is -0.504 e. The zero-order valence-corrected chi connectivity index (χ0v) is 10.9. The first-order chi connectivity index (χ1) is 6.20. The number of benzene rings is 1. The number of phenolic OH excluding ortho intramolecular Hbond substituents is 1.